The smallest absolute Gasteiger partial charge is 0.338 e. The molecule has 10 heteroatoms. The van der Waals surface area contributed by atoms with Crippen molar-refractivity contribution in [3.63, 3.8) is 0 Å². The van der Waals surface area contributed by atoms with Crippen LogP contribution >= 0.6 is 0 Å². The lowest BCUT2D eigenvalue weighted by Gasteiger charge is -2.24. The summed E-state index contributed by atoms with van der Waals surface area (Å²) in [5.74, 6) is 0.410. The van der Waals surface area contributed by atoms with Gasteiger partial charge in [-0.2, -0.15) is 0 Å². The third-order valence-corrected chi connectivity index (χ3v) is 7.29. The average molecular weight is 557 g/mol. The number of nitrogens with zero attached hydrogens (tertiary/aromatic N) is 2. The van der Waals surface area contributed by atoms with E-state index in [2.05, 4.69) is 9.80 Å². The number of phenols is 1. The molecule has 2 aromatic carbocycles. The number of carbonyl (C=O) groups excluding carboxylic acids is 2. The first kappa shape index (κ1) is 29.5. The van der Waals surface area contributed by atoms with Crippen molar-refractivity contribution in [2.75, 3.05) is 66.7 Å². The van der Waals surface area contributed by atoms with Crippen molar-refractivity contribution >= 4 is 11.9 Å². The Morgan fingerprint density at radius 1 is 0.850 bits per heavy atom. The van der Waals surface area contributed by atoms with Gasteiger partial charge in [0.25, 0.3) is 0 Å². The Bertz CT molecular complexity index is 1120. The quantitative estimate of drug-likeness (QED) is 0.560. The number of benzene rings is 2. The molecule has 1 saturated heterocycles. The molecule has 0 spiro atoms. The van der Waals surface area contributed by atoms with E-state index in [9.17, 15) is 14.7 Å². The van der Waals surface area contributed by atoms with Gasteiger partial charge in [-0.3, -0.25) is 0 Å². The Hall–Kier alpha value is -3.50. The van der Waals surface area contributed by atoms with Crippen LogP contribution < -0.4 is 14.2 Å². The van der Waals surface area contributed by atoms with Crippen molar-refractivity contribution in [2.45, 2.75) is 38.2 Å². The maximum absolute atomic E-state index is 12.9. The third-order valence-electron chi connectivity index (χ3n) is 7.29. The lowest BCUT2D eigenvalue weighted by atomic mass is 10.1. The summed E-state index contributed by atoms with van der Waals surface area (Å²) in [6, 6.07) is 9.29. The van der Waals surface area contributed by atoms with E-state index >= 15 is 0 Å². The molecule has 0 aromatic heterocycles. The summed E-state index contributed by atoms with van der Waals surface area (Å²) >= 11 is 0. The molecule has 0 amide bonds. The Balaban J connectivity index is 1.51. The topological polar surface area (TPSA) is 107 Å². The molecule has 2 aromatic rings. The number of hydrogen-bond acceptors (Lipinski definition) is 10. The SMILES string of the molecule is COc1cc2cc(c1OC)OCCCC(OC(=O)c1ccc(O)cc1)CCN1CCCN(CCCOC2=O)CC1. The molecule has 0 saturated carbocycles. The summed E-state index contributed by atoms with van der Waals surface area (Å²) < 4.78 is 28.5. The standard InChI is InChI=1S/C30H40N2O8/c1-36-26-20-23-21-27(28(26)37-2)38-18-3-6-25(40-30(35)22-7-9-24(33)10-8-22)11-15-32-13-4-12-31(16-17-32)14-5-19-39-29(23)34/h7-10,20-21,25,33H,3-6,11-19H2,1-2H3. The van der Waals surface area contributed by atoms with E-state index in [0.717, 1.165) is 52.1 Å². The molecule has 1 N–H and O–H groups in total. The van der Waals surface area contributed by atoms with Gasteiger partial charge < -0.3 is 38.6 Å². The fourth-order valence-electron chi connectivity index (χ4n) is 5.06. The van der Waals surface area contributed by atoms with E-state index in [0.29, 0.717) is 60.9 Å². The summed E-state index contributed by atoms with van der Waals surface area (Å²) in [5, 5.41) is 9.57. The monoisotopic (exact) mass is 556 g/mol. The second-order valence-electron chi connectivity index (χ2n) is 10.1. The normalized spacial score (nSPS) is 22.9. The number of cyclic esters (lactones) is 1. The van der Waals surface area contributed by atoms with Crippen LogP contribution in [0.25, 0.3) is 0 Å². The Morgan fingerprint density at radius 3 is 2.27 bits per heavy atom. The Morgan fingerprint density at radius 2 is 1.55 bits per heavy atom. The highest BCUT2D eigenvalue weighted by Gasteiger charge is 2.22. The number of phenolic OH excluding ortho intramolecular Hbond substituents is 1. The number of ether oxygens (including phenoxy) is 5. The average Bonchev–Trinajstić information content (AvgIpc) is 3.20. The first-order valence-corrected chi connectivity index (χ1v) is 14.0. The molecule has 4 bridgehead atoms. The lowest BCUT2D eigenvalue weighted by Crippen LogP contribution is -2.34. The molecule has 3 atom stereocenters. The first-order chi connectivity index (χ1) is 19.5. The van der Waals surface area contributed by atoms with Crippen LogP contribution in [0.4, 0.5) is 0 Å². The van der Waals surface area contributed by atoms with Crippen molar-refractivity contribution < 1.29 is 38.4 Å². The van der Waals surface area contributed by atoms with Gasteiger partial charge in [0.15, 0.2) is 11.5 Å². The molecule has 40 heavy (non-hydrogen) atoms. The molecule has 4 rings (SSSR count). The van der Waals surface area contributed by atoms with Crippen LogP contribution in [0.1, 0.15) is 52.8 Å². The highest BCUT2D eigenvalue weighted by atomic mass is 16.5. The molecular formula is C30H40N2O8. The highest BCUT2D eigenvalue weighted by Crippen LogP contribution is 2.39. The van der Waals surface area contributed by atoms with Crippen molar-refractivity contribution in [1.29, 1.82) is 0 Å². The number of aromatic hydroxyl groups is 1. The minimum absolute atomic E-state index is 0.0974. The van der Waals surface area contributed by atoms with E-state index in [4.69, 9.17) is 23.7 Å². The highest BCUT2D eigenvalue weighted by molar-refractivity contribution is 5.91. The molecule has 0 aliphatic carbocycles. The van der Waals surface area contributed by atoms with E-state index < -0.39 is 11.9 Å². The van der Waals surface area contributed by atoms with E-state index in [1.807, 2.05) is 0 Å². The lowest BCUT2D eigenvalue weighted by molar-refractivity contribution is 0.0221. The summed E-state index contributed by atoms with van der Waals surface area (Å²) in [5.41, 5.74) is 0.729. The molecule has 0 radical (unpaired) electrons. The number of hydrogen-bond donors (Lipinski definition) is 1. The maximum Gasteiger partial charge on any atom is 0.338 e. The van der Waals surface area contributed by atoms with Crippen LogP contribution in [0, 0.1) is 0 Å². The fourth-order valence-corrected chi connectivity index (χ4v) is 5.06. The van der Waals surface area contributed by atoms with Crippen LogP contribution in [0.3, 0.4) is 0 Å². The van der Waals surface area contributed by atoms with E-state index in [1.54, 1.807) is 24.3 Å². The Kier molecular flexibility index (Phi) is 10.9. The summed E-state index contributed by atoms with van der Waals surface area (Å²) in [6.07, 6.45) is 3.42. The first-order valence-electron chi connectivity index (χ1n) is 14.0. The van der Waals surface area contributed by atoms with Gasteiger partial charge in [0.2, 0.25) is 5.75 Å². The van der Waals surface area contributed by atoms with Gasteiger partial charge in [-0.05, 0) is 81.6 Å². The molecular weight excluding hydrogens is 516 g/mol. The predicted octanol–water partition coefficient (Wildman–Crippen LogP) is 3.75. The Labute approximate surface area is 235 Å². The van der Waals surface area contributed by atoms with Crippen LogP contribution in [-0.4, -0.2) is 99.7 Å². The van der Waals surface area contributed by atoms with E-state index in [1.165, 1.54) is 26.4 Å². The zero-order valence-corrected chi connectivity index (χ0v) is 23.4. The molecule has 2 aliphatic heterocycles. The molecule has 10 nitrogen and oxygen atoms in total. The van der Waals surface area contributed by atoms with E-state index in [-0.39, 0.29) is 11.9 Å². The fraction of sp³-hybridized carbons (Fsp3) is 0.533. The van der Waals surface area contributed by atoms with Crippen LogP contribution in [0.2, 0.25) is 0 Å². The van der Waals surface area contributed by atoms with Crippen molar-refractivity contribution in [1.82, 2.24) is 9.80 Å². The minimum Gasteiger partial charge on any atom is -0.508 e. The van der Waals surface area contributed by atoms with Crippen LogP contribution in [0.15, 0.2) is 36.4 Å². The van der Waals surface area contributed by atoms with Gasteiger partial charge in [0, 0.05) is 26.2 Å². The predicted molar refractivity (Wildman–Crippen MR) is 149 cm³/mol. The van der Waals surface area contributed by atoms with Gasteiger partial charge in [-0.1, -0.05) is 0 Å². The number of rotatable bonds is 4. The third kappa shape index (κ3) is 8.25. The second-order valence-corrected chi connectivity index (χ2v) is 10.1. The number of esters is 2. The second kappa shape index (κ2) is 14.8. The number of fused-ring (bicyclic) bond motifs is 5. The summed E-state index contributed by atoms with van der Waals surface area (Å²) in [4.78, 5) is 30.5. The largest absolute Gasteiger partial charge is 0.508 e. The van der Waals surface area contributed by atoms with Gasteiger partial charge in [-0.15, -0.1) is 0 Å². The van der Waals surface area contributed by atoms with Crippen molar-refractivity contribution in [3.8, 4) is 23.0 Å². The van der Waals surface area contributed by atoms with Gasteiger partial charge >= 0.3 is 11.9 Å². The maximum atomic E-state index is 12.9. The van der Waals surface area contributed by atoms with Gasteiger partial charge in [0.05, 0.1) is 38.6 Å². The van der Waals surface area contributed by atoms with Crippen molar-refractivity contribution in [2.24, 2.45) is 0 Å². The summed E-state index contributed by atoms with van der Waals surface area (Å²) in [7, 11) is 3.03. The zero-order valence-electron chi connectivity index (χ0n) is 23.4. The van der Waals surface area contributed by atoms with Crippen molar-refractivity contribution in [3.05, 3.63) is 47.5 Å². The van der Waals surface area contributed by atoms with Gasteiger partial charge in [0.1, 0.15) is 11.9 Å². The molecule has 1 fully saturated rings. The minimum atomic E-state index is -0.438. The molecule has 2 aliphatic rings. The number of methoxy groups -OCH3 is 2. The van der Waals surface area contributed by atoms with Gasteiger partial charge in [-0.25, -0.2) is 9.59 Å². The zero-order chi connectivity index (χ0) is 28.3. The van der Waals surface area contributed by atoms with Crippen LogP contribution in [-0.2, 0) is 9.47 Å². The summed E-state index contributed by atoms with van der Waals surface area (Å²) in [6.45, 7) is 6.21. The molecule has 3 unspecified atom stereocenters. The van der Waals surface area contributed by atoms with Crippen LogP contribution in [0.5, 0.6) is 23.0 Å². The molecule has 2 heterocycles. The molecule has 218 valence electrons. The number of carbonyl (C=O) groups is 2.